The molecule has 0 aliphatic carbocycles. The number of ketones is 1. The summed E-state index contributed by atoms with van der Waals surface area (Å²) in [5.41, 5.74) is 0.792. The van der Waals surface area contributed by atoms with E-state index in [0.29, 0.717) is 5.56 Å². The van der Waals surface area contributed by atoms with Crippen molar-refractivity contribution in [1.29, 1.82) is 0 Å². The standard InChI is InChI=1S/C24H25BrO6/c1-15-4-6-17(7-5-15)21-13-24(22(27)29-2,23(28)30-3)18(14-31-21)12-20(26)16-8-10-19(25)11-9-16/h4-11,18,21H,12-14H2,1-3H3/t18-,21-/m1/s1. The summed E-state index contributed by atoms with van der Waals surface area (Å²) in [6, 6.07) is 14.6. The molecular formula is C24H25BrO6. The van der Waals surface area contributed by atoms with Crippen molar-refractivity contribution < 1.29 is 28.6 Å². The number of esters is 2. The molecule has 0 radical (unpaired) electrons. The average molecular weight is 489 g/mol. The molecule has 3 rings (SSSR count). The Hall–Kier alpha value is -2.51. The fraction of sp³-hybridized carbons (Fsp3) is 0.375. The molecule has 0 unspecified atom stereocenters. The van der Waals surface area contributed by atoms with Crippen LogP contribution in [-0.2, 0) is 23.8 Å². The first-order valence-corrected chi connectivity index (χ1v) is 10.7. The van der Waals surface area contributed by atoms with Crippen LogP contribution in [0.1, 0.15) is 40.4 Å². The van der Waals surface area contributed by atoms with E-state index in [1.165, 1.54) is 14.2 Å². The first kappa shape index (κ1) is 23.2. The van der Waals surface area contributed by atoms with E-state index in [1.807, 2.05) is 31.2 Å². The van der Waals surface area contributed by atoms with Gasteiger partial charge in [-0.15, -0.1) is 0 Å². The van der Waals surface area contributed by atoms with Crippen LogP contribution in [0.5, 0.6) is 0 Å². The molecule has 1 heterocycles. The van der Waals surface area contributed by atoms with Crippen LogP contribution < -0.4 is 0 Å². The van der Waals surface area contributed by atoms with Crippen LogP contribution >= 0.6 is 15.9 Å². The maximum Gasteiger partial charge on any atom is 0.323 e. The van der Waals surface area contributed by atoms with Gasteiger partial charge in [0.15, 0.2) is 11.2 Å². The average Bonchev–Trinajstić information content (AvgIpc) is 2.79. The molecule has 1 aliphatic heterocycles. The number of halogens is 1. The highest BCUT2D eigenvalue weighted by molar-refractivity contribution is 9.10. The van der Waals surface area contributed by atoms with Gasteiger partial charge in [-0.05, 0) is 24.6 Å². The van der Waals surface area contributed by atoms with Gasteiger partial charge < -0.3 is 14.2 Å². The van der Waals surface area contributed by atoms with Crippen LogP contribution in [0, 0.1) is 18.3 Å². The number of aryl methyl sites for hydroxylation is 1. The maximum atomic E-state index is 13.0. The van der Waals surface area contributed by atoms with Crippen LogP contribution in [0.3, 0.4) is 0 Å². The summed E-state index contributed by atoms with van der Waals surface area (Å²) >= 11 is 3.35. The number of carbonyl (C=O) groups is 3. The quantitative estimate of drug-likeness (QED) is 0.339. The third kappa shape index (κ3) is 4.72. The van der Waals surface area contributed by atoms with Gasteiger partial charge in [0.25, 0.3) is 0 Å². The molecule has 2 atom stereocenters. The Labute approximate surface area is 190 Å². The minimum Gasteiger partial charge on any atom is -0.468 e. The molecule has 1 aliphatic rings. The van der Waals surface area contributed by atoms with Crippen molar-refractivity contribution in [1.82, 2.24) is 0 Å². The smallest absolute Gasteiger partial charge is 0.323 e. The van der Waals surface area contributed by atoms with Crippen molar-refractivity contribution in [3.63, 3.8) is 0 Å². The summed E-state index contributed by atoms with van der Waals surface area (Å²) in [5.74, 6) is -2.33. The van der Waals surface area contributed by atoms with Crippen LogP contribution in [0.2, 0.25) is 0 Å². The Morgan fingerprint density at radius 1 is 1.00 bits per heavy atom. The second kappa shape index (κ2) is 9.75. The van der Waals surface area contributed by atoms with Gasteiger partial charge in [0.1, 0.15) is 0 Å². The van der Waals surface area contributed by atoms with E-state index < -0.39 is 29.4 Å². The largest absolute Gasteiger partial charge is 0.468 e. The molecular weight excluding hydrogens is 464 g/mol. The third-order valence-electron chi connectivity index (χ3n) is 5.85. The van der Waals surface area contributed by atoms with Gasteiger partial charge in [-0.2, -0.15) is 0 Å². The molecule has 1 saturated heterocycles. The van der Waals surface area contributed by atoms with Crippen molar-refractivity contribution in [2.45, 2.75) is 25.9 Å². The van der Waals surface area contributed by atoms with Crippen LogP contribution in [0.15, 0.2) is 53.0 Å². The van der Waals surface area contributed by atoms with E-state index in [-0.39, 0.29) is 25.2 Å². The van der Waals surface area contributed by atoms with E-state index >= 15 is 0 Å². The van der Waals surface area contributed by atoms with Gasteiger partial charge in [0, 0.05) is 28.8 Å². The molecule has 31 heavy (non-hydrogen) atoms. The van der Waals surface area contributed by atoms with Gasteiger partial charge in [0.05, 0.1) is 26.9 Å². The zero-order valence-corrected chi connectivity index (χ0v) is 19.3. The molecule has 7 heteroatoms. The minimum absolute atomic E-state index is 0.0354. The first-order valence-electron chi connectivity index (χ1n) is 9.95. The molecule has 164 valence electrons. The van der Waals surface area contributed by atoms with E-state index in [9.17, 15) is 14.4 Å². The molecule has 0 bridgehead atoms. The molecule has 0 aromatic heterocycles. The lowest BCUT2D eigenvalue weighted by atomic mass is 9.67. The van der Waals surface area contributed by atoms with Gasteiger partial charge in [-0.1, -0.05) is 57.9 Å². The van der Waals surface area contributed by atoms with E-state index in [1.54, 1.807) is 24.3 Å². The molecule has 2 aromatic carbocycles. The summed E-state index contributed by atoms with van der Waals surface area (Å²) in [4.78, 5) is 38.9. The zero-order valence-electron chi connectivity index (χ0n) is 17.7. The lowest BCUT2D eigenvalue weighted by Gasteiger charge is -2.42. The molecule has 0 amide bonds. The number of benzene rings is 2. The predicted molar refractivity (Wildman–Crippen MR) is 118 cm³/mol. The zero-order chi connectivity index (χ0) is 22.6. The lowest BCUT2D eigenvalue weighted by Crippen LogP contribution is -2.53. The van der Waals surface area contributed by atoms with E-state index in [4.69, 9.17) is 14.2 Å². The fourth-order valence-electron chi connectivity index (χ4n) is 4.05. The monoisotopic (exact) mass is 488 g/mol. The number of hydrogen-bond acceptors (Lipinski definition) is 6. The van der Waals surface area contributed by atoms with Gasteiger partial charge in [-0.3, -0.25) is 14.4 Å². The first-order chi connectivity index (χ1) is 14.8. The summed E-state index contributed by atoms with van der Waals surface area (Å²) in [7, 11) is 2.47. The molecule has 0 spiro atoms. The van der Waals surface area contributed by atoms with E-state index in [2.05, 4.69) is 15.9 Å². The van der Waals surface area contributed by atoms with Gasteiger partial charge >= 0.3 is 11.9 Å². The SMILES string of the molecule is COC(=O)C1(C(=O)OC)C[C@H](c2ccc(C)cc2)OC[C@H]1CC(=O)c1ccc(Br)cc1. The highest BCUT2D eigenvalue weighted by atomic mass is 79.9. The van der Waals surface area contributed by atoms with E-state index in [0.717, 1.165) is 15.6 Å². The highest BCUT2D eigenvalue weighted by Gasteiger charge is 2.58. The van der Waals surface area contributed by atoms with Gasteiger partial charge in [0.2, 0.25) is 0 Å². The number of ether oxygens (including phenoxy) is 3. The predicted octanol–water partition coefficient (Wildman–Crippen LogP) is 4.44. The summed E-state index contributed by atoms with van der Waals surface area (Å²) in [6.45, 7) is 2.02. The Morgan fingerprint density at radius 3 is 2.13 bits per heavy atom. The highest BCUT2D eigenvalue weighted by Crippen LogP contribution is 2.47. The number of Topliss-reactive ketones (excluding diaryl/α,β-unsaturated/α-hetero) is 1. The molecule has 0 saturated carbocycles. The summed E-state index contributed by atoms with van der Waals surface area (Å²) in [5, 5.41) is 0. The Morgan fingerprint density at radius 2 is 1.58 bits per heavy atom. The van der Waals surface area contributed by atoms with Crippen molar-refractivity contribution in [2.75, 3.05) is 20.8 Å². The summed E-state index contributed by atoms with van der Waals surface area (Å²) in [6.07, 6.45) is -0.516. The fourth-order valence-corrected chi connectivity index (χ4v) is 4.31. The molecule has 0 N–H and O–H groups in total. The lowest BCUT2D eigenvalue weighted by molar-refractivity contribution is -0.189. The molecule has 2 aromatic rings. The van der Waals surface area contributed by atoms with Crippen molar-refractivity contribution in [2.24, 2.45) is 11.3 Å². The van der Waals surface area contributed by atoms with Crippen LogP contribution in [0.4, 0.5) is 0 Å². The topological polar surface area (TPSA) is 78.9 Å². The second-order valence-electron chi connectivity index (χ2n) is 7.72. The normalized spacial score (nSPS) is 20.0. The van der Waals surface area contributed by atoms with Gasteiger partial charge in [-0.25, -0.2) is 0 Å². The Kier molecular flexibility index (Phi) is 7.28. The van der Waals surface area contributed by atoms with Crippen LogP contribution in [0.25, 0.3) is 0 Å². The Balaban J connectivity index is 1.95. The number of hydrogen-bond donors (Lipinski definition) is 0. The minimum atomic E-state index is -1.64. The third-order valence-corrected chi connectivity index (χ3v) is 6.38. The second-order valence-corrected chi connectivity index (χ2v) is 8.64. The number of rotatable bonds is 6. The Bertz CT molecular complexity index is 935. The molecule has 1 fully saturated rings. The van der Waals surface area contributed by atoms with Crippen molar-refractivity contribution >= 4 is 33.7 Å². The molecule has 6 nitrogen and oxygen atoms in total. The van der Waals surface area contributed by atoms with Crippen LogP contribution in [-0.4, -0.2) is 38.5 Å². The van der Waals surface area contributed by atoms with Crippen molar-refractivity contribution in [3.8, 4) is 0 Å². The summed E-state index contributed by atoms with van der Waals surface area (Å²) < 4.78 is 17.0. The number of methoxy groups -OCH3 is 2. The maximum absolute atomic E-state index is 13.0. The number of carbonyl (C=O) groups excluding carboxylic acids is 3. The van der Waals surface area contributed by atoms with Crippen molar-refractivity contribution in [3.05, 3.63) is 69.7 Å².